The Morgan fingerprint density at radius 1 is 1.16 bits per heavy atom. The van der Waals surface area contributed by atoms with E-state index >= 15 is 0 Å². The molecular formula is C25H27F2N3O. The molecule has 1 fully saturated rings. The van der Waals surface area contributed by atoms with E-state index in [1.165, 1.54) is 12.1 Å². The lowest BCUT2D eigenvalue weighted by Crippen LogP contribution is -2.43. The molecule has 3 aromatic rings. The Hall–Kier alpha value is -3.02. The number of likely N-dealkylation sites (tertiary alicyclic amines) is 1. The number of imidazole rings is 1. The van der Waals surface area contributed by atoms with Gasteiger partial charge in [-0.1, -0.05) is 18.2 Å². The van der Waals surface area contributed by atoms with Crippen molar-refractivity contribution < 1.29 is 13.6 Å². The number of aryl methyl sites for hydroxylation is 2. The van der Waals surface area contributed by atoms with Gasteiger partial charge in [0.15, 0.2) is 0 Å². The topological polar surface area (TPSA) is 38.1 Å². The minimum atomic E-state index is -0.610. The molecule has 0 bridgehead atoms. The van der Waals surface area contributed by atoms with Gasteiger partial charge in [0.05, 0.1) is 18.1 Å². The molecule has 2 heterocycles. The van der Waals surface area contributed by atoms with Crippen LogP contribution < -0.4 is 0 Å². The highest BCUT2D eigenvalue weighted by molar-refractivity contribution is 5.80. The number of nitrogens with zero attached hydrogens (tertiary/aromatic N) is 3. The molecule has 0 spiro atoms. The second-order valence-corrected chi connectivity index (χ2v) is 8.46. The van der Waals surface area contributed by atoms with Crippen LogP contribution in [-0.4, -0.2) is 26.9 Å². The molecule has 4 nitrogen and oxygen atoms in total. The molecule has 1 aliphatic rings. The normalized spacial score (nSPS) is 17.8. The predicted octanol–water partition coefficient (Wildman–Crippen LogP) is 5.31. The quantitative estimate of drug-likeness (QED) is 0.558. The van der Waals surface area contributed by atoms with Crippen molar-refractivity contribution in [3.05, 3.63) is 82.9 Å². The van der Waals surface area contributed by atoms with Gasteiger partial charge in [0.1, 0.15) is 11.6 Å². The minimum Gasteiger partial charge on any atom is -0.336 e. The number of halogens is 2. The van der Waals surface area contributed by atoms with Crippen molar-refractivity contribution in [1.82, 2.24) is 14.5 Å². The summed E-state index contributed by atoms with van der Waals surface area (Å²) >= 11 is 0. The van der Waals surface area contributed by atoms with Crippen LogP contribution in [0.5, 0.6) is 0 Å². The van der Waals surface area contributed by atoms with Crippen LogP contribution in [0.15, 0.2) is 48.9 Å². The standard InChI is InChI=1S/C25H27F2N3O/c1-16-11-19(6-9-24(16)29-14-17(2)28-15-29)12-20-5-4-10-30(25(20)31)18(3)22-8-7-21(26)13-23(22)27/h6-9,11,13-15,18,20H,4-5,10,12H2,1-3H3. The van der Waals surface area contributed by atoms with E-state index in [0.29, 0.717) is 18.5 Å². The van der Waals surface area contributed by atoms with E-state index in [2.05, 4.69) is 30.1 Å². The fourth-order valence-electron chi connectivity index (χ4n) is 4.53. The summed E-state index contributed by atoms with van der Waals surface area (Å²) in [6.07, 6.45) is 6.12. The number of benzene rings is 2. The molecule has 2 aromatic carbocycles. The second kappa shape index (κ2) is 8.61. The molecule has 31 heavy (non-hydrogen) atoms. The molecule has 6 heteroatoms. The SMILES string of the molecule is Cc1cn(-c2ccc(CC3CCCN(C(C)c4ccc(F)cc4F)C3=O)cc2C)cn1. The Morgan fingerprint density at radius 3 is 2.65 bits per heavy atom. The third kappa shape index (κ3) is 4.38. The van der Waals surface area contributed by atoms with Gasteiger partial charge in [0.2, 0.25) is 5.91 Å². The Morgan fingerprint density at radius 2 is 1.97 bits per heavy atom. The lowest BCUT2D eigenvalue weighted by Gasteiger charge is -2.37. The molecule has 1 aromatic heterocycles. The number of rotatable bonds is 5. The third-order valence-electron chi connectivity index (χ3n) is 6.20. The summed E-state index contributed by atoms with van der Waals surface area (Å²) in [4.78, 5) is 19.2. The van der Waals surface area contributed by atoms with Crippen molar-refractivity contribution >= 4 is 5.91 Å². The first-order valence-corrected chi connectivity index (χ1v) is 10.7. The lowest BCUT2D eigenvalue weighted by atomic mass is 9.88. The van der Waals surface area contributed by atoms with E-state index < -0.39 is 17.7 Å². The average molecular weight is 424 g/mol. The molecule has 0 saturated carbocycles. The summed E-state index contributed by atoms with van der Waals surface area (Å²) in [5, 5.41) is 0. The van der Waals surface area contributed by atoms with Gasteiger partial charge >= 0.3 is 0 Å². The molecule has 0 aliphatic carbocycles. The highest BCUT2D eigenvalue weighted by Gasteiger charge is 2.33. The first-order chi connectivity index (χ1) is 14.8. The Labute approximate surface area is 181 Å². The van der Waals surface area contributed by atoms with Gasteiger partial charge < -0.3 is 9.47 Å². The van der Waals surface area contributed by atoms with E-state index in [9.17, 15) is 13.6 Å². The number of hydrogen-bond acceptors (Lipinski definition) is 2. The zero-order valence-corrected chi connectivity index (χ0v) is 18.1. The van der Waals surface area contributed by atoms with Crippen LogP contribution in [0.3, 0.4) is 0 Å². The second-order valence-electron chi connectivity index (χ2n) is 8.46. The molecular weight excluding hydrogens is 396 g/mol. The van der Waals surface area contributed by atoms with Crippen LogP contribution in [0.4, 0.5) is 8.78 Å². The molecule has 0 N–H and O–H groups in total. The molecule has 1 aliphatic heterocycles. The first-order valence-electron chi connectivity index (χ1n) is 10.7. The maximum absolute atomic E-state index is 14.3. The number of aromatic nitrogens is 2. The number of piperidine rings is 1. The minimum absolute atomic E-state index is 0.0365. The summed E-state index contributed by atoms with van der Waals surface area (Å²) in [6, 6.07) is 9.38. The van der Waals surface area contributed by atoms with Gasteiger partial charge in [-0.25, -0.2) is 13.8 Å². The van der Waals surface area contributed by atoms with Crippen LogP contribution in [0.2, 0.25) is 0 Å². The Bertz CT molecular complexity index is 1110. The van der Waals surface area contributed by atoms with Crippen molar-refractivity contribution in [3.8, 4) is 5.69 Å². The molecule has 4 rings (SSSR count). The summed E-state index contributed by atoms with van der Waals surface area (Å²) in [5.74, 6) is -1.32. The zero-order valence-electron chi connectivity index (χ0n) is 18.1. The first kappa shape index (κ1) is 21.2. The molecule has 0 radical (unpaired) electrons. The third-order valence-corrected chi connectivity index (χ3v) is 6.20. The van der Waals surface area contributed by atoms with Crippen molar-refractivity contribution in [2.75, 3.05) is 6.54 Å². The molecule has 1 saturated heterocycles. The predicted molar refractivity (Wildman–Crippen MR) is 116 cm³/mol. The van der Waals surface area contributed by atoms with Gasteiger partial charge in [-0.05, 0) is 63.3 Å². The van der Waals surface area contributed by atoms with Gasteiger partial charge in [-0.15, -0.1) is 0 Å². The maximum atomic E-state index is 14.3. The van der Waals surface area contributed by atoms with Gasteiger partial charge in [-0.2, -0.15) is 0 Å². The number of carbonyl (C=O) groups is 1. The highest BCUT2D eigenvalue weighted by atomic mass is 19.1. The smallest absolute Gasteiger partial charge is 0.226 e. The largest absolute Gasteiger partial charge is 0.336 e. The van der Waals surface area contributed by atoms with E-state index in [4.69, 9.17) is 0 Å². The fourth-order valence-corrected chi connectivity index (χ4v) is 4.53. The Balaban J connectivity index is 1.50. The highest BCUT2D eigenvalue weighted by Crippen LogP contribution is 2.31. The number of amides is 1. The van der Waals surface area contributed by atoms with Gasteiger partial charge in [-0.3, -0.25) is 4.79 Å². The van der Waals surface area contributed by atoms with Crippen molar-refractivity contribution in [3.63, 3.8) is 0 Å². The van der Waals surface area contributed by atoms with Crippen LogP contribution in [0, 0.1) is 31.4 Å². The van der Waals surface area contributed by atoms with Gasteiger partial charge in [0.25, 0.3) is 0 Å². The Kier molecular flexibility index (Phi) is 5.90. The molecule has 162 valence electrons. The van der Waals surface area contributed by atoms with Crippen molar-refractivity contribution in [2.45, 2.75) is 46.1 Å². The summed E-state index contributed by atoms with van der Waals surface area (Å²) < 4.78 is 29.5. The number of carbonyl (C=O) groups excluding carboxylic acids is 1. The zero-order chi connectivity index (χ0) is 22.1. The monoisotopic (exact) mass is 423 g/mol. The number of hydrogen-bond donors (Lipinski definition) is 0. The maximum Gasteiger partial charge on any atom is 0.226 e. The van der Waals surface area contributed by atoms with Gasteiger partial charge in [0, 0.05) is 36.0 Å². The molecule has 2 atom stereocenters. The van der Waals surface area contributed by atoms with Crippen LogP contribution >= 0.6 is 0 Å². The van der Waals surface area contributed by atoms with Crippen LogP contribution in [0.1, 0.15) is 48.2 Å². The van der Waals surface area contributed by atoms with E-state index in [1.807, 2.05) is 24.6 Å². The summed E-state index contributed by atoms with van der Waals surface area (Å²) in [7, 11) is 0. The van der Waals surface area contributed by atoms with Crippen molar-refractivity contribution in [1.29, 1.82) is 0 Å². The van der Waals surface area contributed by atoms with Crippen molar-refractivity contribution in [2.24, 2.45) is 5.92 Å². The fraction of sp³-hybridized carbons (Fsp3) is 0.360. The van der Waals surface area contributed by atoms with E-state index in [-0.39, 0.29) is 11.8 Å². The van der Waals surface area contributed by atoms with Crippen LogP contribution in [-0.2, 0) is 11.2 Å². The molecule has 1 amide bonds. The summed E-state index contributed by atoms with van der Waals surface area (Å²) in [6.45, 7) is 6.41. The van der Waals surface area contributed by atoms with E-state index in [1.54, 1.807) is 11.2 Å². The average Bonchev–Trinajstić information content (AvgIpc) is 3.15. The van der Waals surface area contributed by atoms with E-state index in [0.717, 1.165) is 41.4 Å². The lowest BCUT2D eigenvalue weighted by molar-refractivity contribution is -0.140. The summed E-state index contributed by atoms with van der Waals surface area (Å²) in [5.41, 5.74) is 4.62. The van der Waals surface area contributed by atoms with Crippen LogP contribution in [0.25, 0.3) is 5.69 Å². The molecule has 2 unspecified atom stereocenters.